The Balaban J connectivity index is 2.27. The molecule has 1 aliphatic heterocycles. The van der Waals surface area contributed by atoms with Gasteiger partial charge in [-0.25, -0.2) is 0 Å². The molecule has 1 aliphatic rings. The highest BCUT2D eigenvalue weighted by Gasteiger charge is 2.19. The van der Waals surface area contributed by atoms with Gasteiger partial charge in [0.15, 0.2) is 5.78 Å². The van der Waals surface area contributed by atoms with Gasteiger partial charge in [0.05, 0.1) is 6.04 Å². The standard InChI is InChI=1S/C7H13NO2S/c1-10-4-7(9)6-5-11-3-2-8-6/h6,8H,2-5H2,1H3. The number of ether oxygens (including phenoxy) is 1. The number of carbonyl (C=O) groups excluding carboxylic acids is 1. The van der Waals surface area contributed by atoms with Crippen molar-refractivity contribution in [3.8, 4) is 0 Å². The summed E-state index contributed by atoms with van der Waals surface area (Å²) in [5.74, 6) is 2.17. The molecule has 1 atom stereocenters. The molecule has 1 saturated heterocycles. The highest BCUT2D eigenvalue weighted by atomic mass is 32.2. The van der Waals surface area contributed by atoms with Crippen LogP contribution >= 0.6 is 11.8 Å². The Bertz CT molecular complexity index is 134. The van der Waals surface area contributed by atoms with Gasteiger partial charge in [-0.1, -0.05) is 0 Å². The predicted octanol–water partition coefficient (Wildman–Crippen LogP) is -0.0931. The van der Waals surface area contributed by atoms with Gasteiger partial charge in [-0.3, -0.25) is 4.79 Å². The van der Waals surface area contributed by atoms with Crippen LogP contribution in [0.15, 0.2) is 0 Å². The Hall–Kier alpha value is -0.0600. The zero-order valence-corrected chi connectivity index (χ0v) is 7.45. The number of Topliss-reactive ketones (excluding diaryl/α,β-unsaturated/α-hetero) is 1. The topological polar surface area (TPSA) is 38.3 Å². The molecule has 1 rings (SSSR count). The number of nitrogens with one attached hydrogen (secondary N) is 1. The van der Waals surface area contributed by atoms with Gasteiger partial charge in [-0.15, -0.1) is 0 Å². The molecule has 1 fully saturated rings. The largest absolute Gasteiger partial charge is 0.377 e. The van der Waals surface area contributed by atoms with E-state index in [9.17, 15) is 4.79 Å². The summed E-state index contributed by atoms with van der Waals surface area (Å²) in [4.78, 5) is 11.2. The molecule has 4 heteroatoms. The first kappa shape index (κ1) is 9.03. The van der Waals surface area contributed by atoms with Crippen LogP contribution in [0.5, 0.6) is 0 Å². The molecular weight excluding hydrogens is 162 g/mol. The molecule has 1 N–H and O–H groups in total. The smallest absolute Gasteiger partial charge is 0.176 e. The van der Waals surface area contributed by atoms with Gasteiger partial charge in [0, 0.05) is 25.2 Å². The molecule has 0 aromatic carbocycles. The van der Waals surface area contributed by atoms with E-state index in [1.54, 1.807) is 7.11 Å². The molecule has 0 amide bonds. The Morgan fingerprint density at radius 2 is 2.64 bits per heavy atom. The van der Waals surface area contributed by atoms with Crippen LogP contribution in [0.3, 0.4) is 0 Å². The van der Waals surface area contributed by atoms with Gasteiger partial charge in [-0.2, -0.15) is 11.8 Å². The molecule has 1 heterocycles. The molecule has 0 aromatic heterocycles. The summed E-state index contributed by atoms with van der Waals surface area (Å²) in [6.45, 7) is 1.17. The van der Waals surface area contributed by atoms with Gasteiger partial charge in [0.25, 0.3) is 0 Å². The van der Waals surface area contributed by atoms with Crippen LogP contribution in [-0.4, -0.2) is 43.6 Å². The quantitative estimate of drug-likeness (QED) is 0.650. The van der Waals surface area contributed by atoms with Crippen molar-refractivity contribution in [2.24, 2.45) is 0 Å². The summed E-state index contributed by atoms with van der Waals surface area (Å²) >= 11 is 1.82. The van der Waals surface area contributed by atoms with Gasteiger partial charge < -0.3 is 10.1 Å². The van der Waals surface area contributed by atoms with Crippen LogP contribution in [0, 0.1) is 0 Å². The third-order valence-corrected chi connectivity index (χ3v) is 2.66. The van der Waals surface area contributed by atoms with Crippen LogP contribution < -0.4 is 5.32 Å². The minimum Gasteiger partial charge on any atom is -0.377 e. The first-order chi connectivity index (χ1) is 5.34. The Morgan fingerprint density at radius 1 is 1.82 bits per heavy atom. The van der Waals surface area contributed by atoms with Gasteiger partial charge in [0.2, 0.25) is 0 Å². The van der Waals surface area contributed by atoms with Crippen LogP contribution in [0.2, 0.25) is 0 Å². The zero-order valence-electron chi connectivity index (χ0n) is 6.63. The number of hydrogen-bond donors (Lipinski definition) is 1. The Labute approximate surface area is 70.9 Å². The molecule has 0 aromatic rings. The molecule has 64 valence electrons. The average molecular weight is 175 g/mol. The summed E-state index contributed by atoms with van der Waals surface area (Å²) in [6.07, 6.45) is 0. The Kier molecular flexibility index (Phi) is 3.90. The number of hydrogen-bond acceptors (Lipinski definition) is 4. The van der Waals surface area contributed by atoms with Crippen molar-refractivity contribution in [1.82, 2.24) is 5.32 Å². The summed E-state index contributed by atoms with van der Waals surface area (Å²) in [7, 11) is 1.55. The molecule has 0 bridgehead atoms. The van der Waals surface area contributed by atoms with Crippen molar-refractivity contribution in [1.29, 1.82) is 0 Å². The van der Waals surface area contributed by atoms with E-state index in [0.29, 0.717) is 0 Å². The third-order valence-electron chi connectivity index (χ3n) is 1.60. The number of ketones is 1. The van der Waals surface area contributed by atoms with Crippen LogP contribution in [0.4, 0.5) is 0 Å². The fraction of sp³-hybridized carbons (Fsp3) is 0.857. The molecule has 0 spiro atoms. The van der Waals surface area contributed by atoms with Gasteiger partial charge in [-0.05, 0) is 0 Å². The lowest BCUT2D eigenvalue weighted by Crippen LogP contribution is -2.44. The van der Waals surface area contributed by atoms with Crippen molar-refractivity contribution < 1.29 is 9.53 Å². The molecule has 0 aliphatic carbocycles. The maximum atomic E-state index is 11.2. The molecule has 0 radical (unpaired) electrons. The highest BCUT2D eigenvalue weighted by molar-refractivity contribution is 7.99. The lowest BCUT2D eigenvalue weighted by Gasteiger charge is -2.21. The molecule has 0 saturated carbocycles. The first-order valence-corrected chi connectivity index (χ1v) is 4.83. The lowest BCUT2D eigenvalue weighted by molar-refractivity contribution is -0.124. The van der Waals surface area contributed by atoms with Crippen LogP contribution in [0.25, 0.3) is 0 Å². The monoisotopic (exact) mass is 175 g/mol. The zero-order chi connectivity index (χ0) is 8.10. The number of methoxy groups -OCH3 is 1. The van der Waals surface area contributed by atoms with Gasteiger partial charge in [0.1, 0.15) is 6.61 Å². The number of carbonyl (C=O) groups is 1. The summed E-state index contributed by atoms with van der Waals surface area (Å²) in [5.41, 5.74) is 0. The van der Waals surface area contributed by atoms with E-state index in [1.165, 1.54) is 0 Å². The summed E-state index contributed by atoms with van der Waals surface area (Å²) in [6, 6.07) is 0.0219. The summed E-state index contributed by atoms with van der Waals surface area (Å²) < 4.78 is 4.76. The van der Waals surface area contributed by atoms with Crippen molar-refractivity contribution >= 4 is 17.5 Å². The van der Waals surface area contributed by atoms with E-state index >= 15 is 0 Å². The third kappa shape index (κ3) is 2.81. The summed E-state index contributed by atoms with van der Waals surface area (Å²) in [5, 5.41) is 3.15. The normalized spacial score (nSPS) is 25.0. The van der Waals surface area contributed by atoms with Crippen molar-refractivity contribution in [2.45, 2.75) is 6.04 Å². The fourth-order valence-corrected chi connectivity index (χ4v) is 1.98. The second-order valence-electron chi connectivity index (χ2n) is 2.48. The fourth-order valence-electron chi connectivity index (χ4n) is 1.02. The van der Waals surface area contributed by atoms with E-state index in [0.717, 1.165) is 18.1 Å². The van der Waals surface area contributed by atoms with Crippen molar-refractivity contribution in [3.63, 3.8) is 0 Å². The van der Waals surface area contributed by atoms with E-state index in [2.05, 4.69) is 5.32 Å². The van der Waals surface area contributed by atoms with E-state index in [1.807, 2.05) is 11.8 Å². The predicted molar refractivity (Wildman–Crippen MR) is 46.0 cm³/mol. The van der Waals surface area contributed by atoms with E-state index in [-0.39, 0.29) is 18.4 Å². The number of thioether (sulfide) groups is 1. The van der Waals surface area contributed by atoms with Gasteiger partial charge >= 0.3 is 0 Å². The first-order valence-electron chi connectivity index (χ1n) is 3.67. The minimum atomic E-state index is 0.0219. The lowest BCUT2D eigenvalue weighted by atomic mass is 10.2. The molecule has 3 nitrogen and oxygen atoms in total. The number of rotatable bonds is 3. The maximum absolute atomic E-state index is 11.2. The SMILES string of the molecule is COCC(=O)C1CSCCN1. The minimum absolute atomic E-state index is 0.0219. The van der Waals surface area contributed by atoms with Crippen molar-refractivity contribution in [2.75, 3.05) is 31.8 Å². The molecule has 1 unspecified atom stereocenters. The average Bonchev–Trinajstić information content (AvgIpc) is 2.07. The highest BCUT2D eigenvalue weighted by Crippen LogP contribution is 2.07. The van der Waals surface area contributed by atoms with E-state index in [4.69, 9.17) is 4.74 Å². The molecular formula is C7H13NO2S. The van der Waals surface area contributed by atoms with E-state index < -0.39 is 0 Å². The maximum Gasteiger partial charge on any atom is 0.176 e. The molecule has 11 heavy (non-hydrogen) atoms. The second-order valence-corrected chi connectivity index (χ2v) is 3.63. The van der Waals surface area contributed by atoms with Crippen LogP contribution in [-0.2, 0) is 9.53 Å². The van der Waals surface area contributed by atoms with Crippen LogP contribution in [0.1, 0.15) is 0 Å². The van der Waals surface area contributed by atoms with Crippen molar-refractivity contribution in [3.05, 3.63) is 0 Å². The second kappa shape index (κ2) is 4.74. The Morgan fingerprint density at radius 3 is 3.18 bits per heavy atom.